The number of hydrogen-bond donors (Lipinski definition) is 0. The number of rotatable bonds is 1. The number of fused-ring (bicyclic) bond motifs is 7. The molecule has 1 aliphatic heterocycles. The zero-order valence-electron chi connectivity index (χ0n) is 18.3. The summed E-state index contributed by atoms with van der Waals surface area (Å²) < 4.78 is 16.8. The largest absolute Gasteiger partial charge is 0.508 e. The van der Waals surface area contributed by atoms with Crippen LogP contribution in [0.1, 0.15) is 79.1 Å². The highest BCUT2D eigenvalue weighted by Crippen LogP contribution is 2.68. The van der Waals surface area contributed by atoms with Gasteiger partial charge in [0.2, 0.25) is 0 Å². The van der Waals surface area contributed by atoms with E-state index in [-0.39, 0.29) is 29.7 Å². The van der Waals surface area contributed by atoms with Gasteiger partial charge in [-0.1, -0.05) is 13.8 Å². The molecular weight excluding hydrogens is 368 g/mol. The number of hydrogen-bond acceptors (Lipinski definition) is 5. The molecule has 0 aromatic carbocycles. The van der Waals surface area contributed by atoms with Crippen LogP contribution < -0.4 is 0 Å². The number of carbonyl (C=O) groups is 2. The Morgan fingerprint density at radius 3 is 2.52 bits per heavy atom. The van der Waals surface area contributed by atoms with E-state index in [1.54, 1.807) is 0 Å². The fraction of sp³-hybridized carbons (Fsp3) is 0.917. The van der Waals surface area contributed by atoms with Gasteiger partial charge in [-0.2, -0.15) is 0 Å². The van der Waals surface area contributed by atoms with Crippen LogP contribution in [-0.4, -0.2) is 30.4 Å². The Hall–Kier alpha value is -1.26. The van der Waals surface area contributed by atoms with Crippen molar-refractivity contribution in [1.82, 2.24) is 0 Å². The molecule has 0 aromatic rings. The second-order valence-corrected chi connectivity index (χ2v) is 11.2. The molecule has 4 aliphatic carbocycles. The summed E-state index contributed by atoms with van der Waals surface area (Å²) in [6.07, 6.45) is 8.84. The molecule has 5 fully saturated rings. The van der Waals surface area contributed by atoms with Crippen LogP contribution in [0.3, 0.4) is 0 Å². The molecule has 4 saturated carbocycles. The van der Waals surface area contributed by atoms with Gasteiger partial charge in [-0.15, -0.1) is 0 Å². The Kier molecular flexibility index (Phi) is 4.49. The van der Waals surface area contributed by atoms with Gasteiger partial charge in [-0.25, -0.2) is 4.79 Å². The average molecular weight is 405 g/mol. The summed E-state index contributed by atoms with van der Waals surface area (Å²) in [4.78, 5) is 23.3. The van der Waals surface area contributed by atoms with Crippen LogP contribution in [0.5, 0.6) is 0 Å². The number of esters is 1. The molecule has 0 unspecified atom stereocenters. The van der Waals surface area contributed by atoms with Gasteiger partial charge in [0.05, 0.1) is 0 Å². The van der Waals surface area contributed by atoms with Crippen molar-refractivity contribution in [3.8, 4) is 0 Å². The zero-order chi connectivity index (χ0) is 20.6. The fourth-order valence-electron chi connectivity index (χ4n) is 8.92. The fourth-order valence-corrected chi connectivity index (χ4v) is 8.92. The van der Waals surface area contributed by atoms with Crippen LogP contribution in [0.2, 0.25) is 0 Å². The molecule has 162 valence electrons. The minimum atomic E-state index is -0.475. The summed E-state index contributed by atoms with van der Waals surface area (Å²) in [6.45, 7) is 8.56. The maximum atomic E-state index is 11.9. The monoisotopic (exact) mass is 404 g/mol. The lowest BCUT2D eigenvalue weighted by atomic mass is 9.44. The van der Waals surface area contributed by atoms with Crippen molar-refractivity contribution in [2.24, 2.45) is 40.4 Å². The molecule has 5 aliphatic rings. The van der Waals surface area contributed by atoms with E-state index in [4.69, 9.17) is 14.2 Å². The zero-order valence-corrected chi connectivity index (χ0v) is 18.3. The molecule has 0 radical (unpaired) electrons. The van der Waals surface area contributed by atoms with E-state index < -0.39 is 6.16 Å². The van der Waals surface area contributed by atoms with Crippen LogP contribution in [0.4, 0.5) is 4.79 Å². The lowest BCUT2D eigenvalue weighted by Crippen LogP contribution is -2.55. The van der Waals surface area contributed by atoms with Gasteiger partial charge in [0.1, 0.15) is 18.3 Å². The van der Waals surface area contributed by atoms with E-state index in [9.17, 15) is 9.59 Å². The highest BCUT2D eigenvalue weighted by Gasteiger charge is 2.65. The van der Waals surface area contributed by atoms with Crippen LogP contribution in [-0.2, 0) is 19.0 Å². The smallest absolute Gasteiger partial charge is 0.463 e. The van der Waals surface area contributed by atoms with Crippen molar-refractivity contribution < 1.29 is 23.8 Å². The Labute approximate surface area is 174 Å². The average Bonchev–Trinajstić information content (AvgIpc) is 2.94. The predicted molar refractivity (Wildman–Crippen MR) is 107 cm³/mol. The molecular formula is C24H36O5. The first-order valence-corrected chi connectivity index (χ1v) is 11.8. The molecule has 5 heteroatoms. The van der Waals surface area contributed by atoms with Crippen molar-refractivity contribution in [1.29, 1.82) is 0 Å². The summed E-state index contributed by atoms with van der Waals surface area (Å²) >= 11 is 0. The topological polar surface area (TPSA) is 61.8 Å². The first-order valence-electron chi connectivity index (χ1n) is 11.8. The lowest BCUT2D eigenvalue weighted by molar-refractivity contribution is -0.163. The highest BCUT2D eigenvalue weighted by molar-refractivity contribution is 5.66. The van der Waals surface area contributed by atoms with Crippen molar-refractivity contribution in [2.75, 3.05) is 0 Å². The van der Waals surface area contributed by atoms with E-state index in [1.165, 1.54) is 39.0 Å². The molecule has 0 amide bonds. The molecule has 0 bridgehead atoms. The lowest BCUT2D eigenvalue weighted by Gasteiger charge is -2.61. The third-order valence-electron chi connectivity index (χ3n) is 10.1. The normalized spacial score (nSPS) is 53.4. The SMILES string of the molecule is CC(=O)O[C@H]1CC[C@@]2(C)[C@H](CC[C@@H]3[C@@H]2CC[C@]2(C)[C@H]4[C@H](C)OC(=O)O[C@H]4C[C@@H]32)C1. The molecule has 5 rings (SSSR count). The molecule has 1 saturated heterocycles. The summed E-state index contributed by atoms with van der Waals surface area (Å²) in [5.74, 6) is 2.94. The molecule has 10 atom stereocenters. The Bertz CT molecular complexity index is 705. The molecule has 0 N–H and O–H groups in total. The maximum absolute atomic E-state index is 11.9. The van der Waals surface area contributed by atoms with Gasteiger partial charge in [0.25, 0.3) is 0 Å². The van der Waals surface area contributed by atoms with Crippen LogP contribution in [0.15, 0.2) is 0 Å². The third-order valence-corrected chi connectivity index (χ3v) is 10.1. The third kappa shape index (κ3) is 2.85. The maximum Gasteiger partial charge on any atom is 0.508 e. The Morgan fingerprint density at radius 2 is 1.76 bits per heavy atom. The van der Waals surface area contributed by atoms with Gasteiger partial charge >= 0.3 is 12.1 Å². The van der Waals surface area contributed by atoms with E-state index in [0.29, 0.717) is 23.2 Å². The second kappa shape index (κ2) is 6.62. The van der Waals surface area contributed by atoms with E-state index in [1.807, 2.05) is 0 Å². The standard InChI is InChI=1S/C24H36O5/c1-13-21-20(29-22(26)27-13)12-19-17-6-5-15-11-16(28-14(2)25)7-9-23(15,3)18(17)8-10-24(19,21)4/h13,15-21H,5-12H2,1-4H3/t13-,15+,16-,17+,18-,19-,20-,21-,23-,24-/m0/s1. The minimum Gasteiger partial charge on any atom is -0.463 e. The minimum absolute atomic E-state index is 0.0326. The van der Waals surface area contributed by atoms with Gasteiger partial charge in [0, 0.05) is 12.8 Å². The first kappa shape index (κ1) is 19.7. The van der Waals surface area contributed by atoms with Gasteiger partial charge in [-0.05, 0) is 92.8 Å². The van der Waals surface area contributed by atoms with Crippen LogP contribution in [0.25, 0.3) is 0 Å². The second-order valence-electron chi connectivity index (χ2n) is 11.2. The van der Waals surface area contributed by atoms with E-state index >= 15 is 0 Å². The van der Waals surface area contributed by atoms with Gasteiger partial charge in [-0.3, -0.25) is 4.79 Å². The van der Waals surface area contributed by atoms with Crippen molar-refractivity contribution in [3.05, 3.63) is 0 Å². The molecule has 5 nitrogen and oxygen atoms in total. The Morgan fingerprint density at radius 1 is 1.00 bits per heavy atom. The van der Waals surface area contributed by atoms with E-state index in [2.05, 4.69) is 20.8 Å². The first-order chi connectivity index (χ1) is 13.7. The van der Waals surface area contributed by atoms with Crippen LogP contribution >= 0.6 is 0 Å². The molecule has 1 heterocycles. The number of cyclic esters (lactones) is 1. The number of carbonyl (C=O) groups excluding carboxylic acids is 2. The summed E-state index contributed by atoms with van der Waals surface area (Å²) in [6, 6.07) is 0. The Balaban J connectivity index is 1.38. The van der Waals surface area contributed by atoms with Crippen molar-refractivity contribution in [2.45, 2.75) is 97.4 Å². The summed E-state index contributed by atoms with van der Waals surface area (Å²) in [7, 11) is 0. The quantitative estimate of drug-likeness (QED) is 0.568. The van der Waals surface area contributed by atoms with Crippen molar-refractivity contribution >= 4 is 12.1 Å². The van der Waals surface area contributed by atoms with Crippen LogP contribution in [0, 0.1) is 40.4 Å². The van der Waals surface area contributed by atoms with Crippen molar-refractivity contribution in [3.63, 3.8) is 0 Å². The highest BCUT2D eigenvalue weighted by atomic mass is 16.7. The summed E-state index contributed by atoms with van der Waals surface area (Å²) in [5, 5.41) is 0. The van der Waals surface area contributed by atoms with Gasteiger partial charge < -0.3 is 14.2 Å². The number of ether oxygens (including phenoxy) is 3. The predicted octanol–water partition coefficient (Wildman–Crippen LogP) is 5.11. The molecule has 0 aromatic heterocycles. The van der Waals surface area contributed by atoms with E-state index in [0.717, 1.165) is 31.1 Å². The molecule has 0 spiro atoms. The summed E-state index contributed by atoms with van der Waals surface area (Å²) in [5.41, 5.74) is 0.567. The van der Waals surface area contributed by atoms with Gasteiger partial charge in [0.15, 0.2) is 0 Å². The molecule has 29 heavy (non-hydrogen) atoms.